The summed E-state index contributed by atoms with van der Waals surface area (Å²) in [6.07, 6.45) is 0. The predicted molar refractivity (Wildman–Crippen MR) is 105 cm³/mol. The van der Waals surface area contributed by atoms with Gasteiger partial charge in [0.25, 0.3) is 5.91 Å². The third kappa shape index (κ3) is 5.95. The molecule has 0 heterocycles. The van der Waals surface area contributed by atoms with E-state index in [4.69, 9.17) is 21.1 Å². The first-order chi connectivity index (χ1) is 12.3. The molecule has 0 aliphatic carbocycles. The number of carbonyl (C=O) groups is 1. The molecule has 0 radical (unpaired) electrons. The van der Waals surface area contributed by atoms with Gasteiger partial charge in [-0.25, -0.2) is 0 Å². The minimum absolute atomic E-state index is 0.00436. The van der Waals surface area contributed by atoms with E-state index in [0.29, 0.717) is 23.9 Å². The molecule has 1 amide bonds. The molecule has 0 aromatic heterocycles. The summed E-state index contributed by atoms with van der Waals surface area (Å²) >= 11 is 5.97. The molecule has 2 aromatic carbocycles. The largest absolute Gasteiger partial charge is 0.491 e. The van der Waals surface area contributed by atoms with E-state index in [9.17, 15) is 4.79 Å². The van der Waals surface area contributed by atoms with Gasteiger partial charge in [0.15, 0.2) is 6.61 Å². The lowest BCUT2D eigenvalue weighted by Crippen LogP contribution is -2.32. The van der Waals surface area contributed by atoms with Crippen LogP contribution < -0.4 is 14.8 Å². The van der Waals surface area contributed by atoms with Crippen LogP contribution in [0.5, 0.6) is 11.5 Å². The average molecular weight is 376 g/mol. The van der Waals surface area contributed by atoms with Gasteiger partial charge in [-0.2, -0.15) is 0 Å². The molecule has 0 spiro atoms. The van der Waals surface area contributed by atoms with Crippen molar-refractivity contribution in [2.24, 2.45) is 0 Å². The van der Waals surface area contributed by atoms with Gasteiger partial charge in [0.1, 0.15) is 18.1 Å². The molecule has 0 saturated heterocycles. The van der Waals surface area contributed by atoms with Crippen molar-refractivity contribution in [3.63, 3.8) is 0 Å². The number of benzene rings is 2. The molecule has 0 bridgehead atoms. The number of carbonyl (C=O) groups excluding carboxylic acids is 1. The van der Waals surface area contributed by atoms with Crippen LogP contribution in [0.15, 0.2) is 42.5 Å². The number of ether oxygens (including phenoxy) is 2. The first-order valence-corrected chi connectivity index (χ1v) is 9.03. The minimum Gasteiger partial charge on any atom is -0.491 e. The van der Waals surface area contributed by atoms with Gasteiger partial charge >= 0.3 is 0 Å². The van der Waals surface area contributed by atoms with Gasteiger partial charge in [0, 0.05) is 5.02 Å². The fourth-order valence-electron chi connectivity index (χ4n) is 2.47. The van der Waals surface area contributed by atoms with Gasteiger partial charge in [0.05, 0.1) is 6.54 Å². The van der Waals surface area contributed by atoms with Crippen LogP contribution in [0.1, 0.15) is 31.9 Å². The summed E-state index contributed by atoms with van der Waals surface area (Å²) in [5, 5.41) is 3.47. The summed E-state index contributed by atoms with van der Waals surface area (Å²) in [6.45, 7) is 9.10. The van der Waals surface area contributed by atoms with Crippen molar-refractivity contribution in [2.75, 3.05) is 19.8 Å². The van der Waals surface area contributed by atoms with E-state index in [2.05, 4.69) is 32.2 Å². The number of amides is 1. The third-order valence-corrected chi connectivity index (χ3v) is 4.30. The smallest absolute Gasteiger partial charge is 0.258 e. The molecule has 5 heteroatoms. The Morgan fingerprint density at radius 3 is 2.54 bits per heavy atom. The maximum atomic E-state index is 11.9. The first kappa shape index (κ1) is 20.1. The van der Waals surface area contributed by atoms with Crippen LogP contribution in [0.25, 0.3) is 0 Å². The maximum absolute atomic E-state index is 11.9. The van der Waals surface area contributed by atoms with Crippen LogP contribution in [0.3, 0.4) is 0 Å². The van der Waals surface area contributed by atoms with E-state index in [1.165, 1.54) is 0 Å². The Hall–Kier alpha value is -2.20. The van der Waals surface area contributed by atoms with E-state index >= 15 is 0 Å². The Kier molecular flexibility index (Phi) is 6.92. The quantitative estimate of drug-likeness (QED) is 0.724. The maximum Gasteiger partial charge on any atom is 0.258 e. The topological polar surface area (TPSA) is 47.6 Å². The monoisotopic (exact) mass is 375 g/mol. The van der Waals surface area contributed by atoms with Crippen LogP contribution in [0.4, 0.5) is 0 Å². The van der Waals surface area contributed by atoms with Gasteiger partial charge < -0.3 is 14.8 Å². The molecule has 0 aliphatic heterocycles. The molecule has 0 fully saturated rings. The molecule has 140 valence electrons. The Morgan fingerprint density at radius 2 is 1.85 bits per heavy atom. The molecule has 2 rings (SSSR count). The van der Waals surface area contributed by atoms with Crippen molar-refractivity contribution in [2.45, 2.75) is 33.1 Å². The van der Waals surface area contributed by atoms with E-state index in [-0.39, 0.29) is 17.9 Å². The molecule has 0 aliphatic rings. The average Bonchev–Trinajstić information content (AvgIpc) is 2.59. The molecule has 0 saturated carbocycles. The van der Waals surface area contributed by atoms with Crippen molar-refractivity contribution < 1.29 is 14.3 Å². The summed E-state index contributed by atoms with van der Waals surface area (Å²) in [5.74, 6) is 1.28. The molecular formula is C21H26ClNO3. The summed E-state index contributed by atoms with van der Waals surface area (Å²) in [6, 6.07) is 13.3. The summed E-state index contributed by atoms with van der Waals surface area (Å²) in [4.78, 5) is 11.9. The van der Waals surface area contributed by atoms with Gasteiger partial charge in [0.2, 0.25) is 0 Å². The van der Waals surface area contributed by atoms with E-state index < -0.39 is 0 Å². The highest BCUT2D eigenvalue weighted by Crippen LogP contribution is 2.30. The van der Waals surface area contributed by atoms with Crippen LogP contribution in [-0.2, 0) is 10.2 Å². The van der Waals surface area contributed by atoms with Crippen LogP contribution in [0.2, 0.25) is 5.02 Å². The predicted octanol–water partition coefficient (Wildman–Crippen LogP) is 4.52. The Bertz CT molecular complexity index is 753. The zero-order valence-electron chi connectivity index (χ0n) is 15.8. The molecule has 0 atom stereocenters. The summed E-state index contributed by atoms with van der Waals surface area (Å²) < 4.78 is 11.3. The van der Waals surface area contributed by atoms with Crippen molar-refractivity contribution in [1.29, 1.82) is 0 Å². The zero-order chi connectivity index (χ0) is 19.2. The lowest BCUT2D eigenvalue weighted by Gasteiger charge is -2.22. The van der Waals surface area contributed by atoms with Crippen LogP contribution >= 0.6 is 11.6 Å². The minimum atomic E-state index is -0.190. The Labute approximate surface area is 160 Å². The number of rotatable bonds is 7. The van der Waals surface area contributed by atoms with Crippen LogP contribution in [0, 0.1) is 6.92 Å². The molecule has 4 nitrogen and oxygen atoms in total. The van der Waals surface area contributed by atoms with Crippen molar-refractivity contribution in [3.05, 3.63) is 58.6 Å². The van der Waals surface area contributed by atoms with Gasteiger partial charge in [-0.15, -0.1) is 0 Å². The second-order valence-corrected chi connectivity index (χ2v) is 7.55. The number of para-hydroxylation sites is 1. The number of halogens is 1. The SMILES string of the molecule is Cc1cc(OCC(=O)NCCOc2ccccc2C(C)(C)C)ccc1Cl. The number of nitrogens with one attached hydrogen (secondary N) is 1. The summed E-state index contributed by atoms with van der Waals surface area (Å²) in [5.41, 5.74) is 2.06. The van der Waals surface area contributed by atoms with Crippen LogP contribution in [-0.4, -0.2) is 25.7 Å². The van der Waals surface area contributed by atoms with Crippen molar-refractivity contribution >= 4 is 17.5 Å². The zero-order valence-corrected chi connectivity index (χ0v) is 16.5. The third-order valence-electron chi connectivity index (χ3n) is 3.88. The molecule has 1 N–H and O–H groups in total. The summed E-state index contributed by atoms with van der Waals surface area (Å²) in [7, 11) is 0. The van der Waals surface area contributed by atoms with E-state index in [0.717, 1.165) is 16.9 Å². The van der Waals surface area contributed by atoms with E-state index in [1.54, 1.807) is 12.1 Å². The fourth-order valence-corrected chi connectivity index (χ4v) is 2.59. The first-order valence-electron chi connectivity index (χ1n) is 8.65. The number of hydrogen-bond donors (Lipinski definition) is 1. The van der Waals surface area contributed by atoms with Gasteiger partial charge in [-0.1, -0.05) is 50.6 Å². The van der Waals surface area contributed by atoms with E-state index in [1.807, 2.05) is 31.2 Å². The molecule has 2 aromatic rings. The molecule has 0 unspecified atom stereocenters. The van der Waals surface area contributed by atoms with Gasteiger partial charge in [-0.05, 0) is 47.7 Å². The fraction of sp³-hybridized carbons (Fsp3) is 0.381. The lowest BCUT2D eigenvalue weighted by atomic mass is 9.86. The van der Waals surface area contributed by atoms with Crippen molar-refractivity contribution in [3.8, 4) is 11.5 Å². The Morgan fingerprint density at radius 1 is 1.12 bits per heavy atom. The lowest BCUT2D eigenvalue weighted by molar-refractivity contribution is -0.123. The highest BCUT2D eigenvalue weighted by Gasteiger charge is 2.18. The molecular weight excluding hydrogens is 350 g/mol. The van der Waals surface area contributed by atoms with Crippen molar-refractivity contribution in [1.82, 2.24) is 5.32 Å². The molecule has 26 heavy (non-hydrogen) atoms. The Balaban J connectivity index is 1.75. The highest BCUT2D eigenvalue weighted by molar-refractivity contribution is 6.31. The standard InChI is InChI=1S/C21H26ClNO3/c1-15-13-16(9-10-18(15)22)26-14-20(24)23-11-12-25-19-8-6-5-7-17(19)21(2,3)4/h5-10,13H,11-12,14H2,1-4H3,(H,23,24). The number of hydrogen-bond acceptors (Lipinski definition) is 3. The second-order valence-electron chi connectivity index (χ2n) is 7.14. The second kappa shape index (κ2) is 8.95. The number of aryl methyl sites for hydroxylation is 1. The van der Waals surface area contributed by atoms with Gasteiger partial charge in [-0.3, -0.25) is 4.79 Å². The highest BCUT2D eigenvalue weighted by atomic mass is 35.5. The normalized spacial score (nSPS) is 11.1.